The van der Waals surface area contributed by atoms with Crippen LogP contribution in [0.5, 0.6) is 0 Å². The zero-order valence-electron chi connectivity index (χ0n) is 15.6. The van der Waals surface area contributed by atoms with Crippen molar-refractivity contribution < 1.29 is 4.52 Å². The first-order valence-electron chi connectivity index (χ1n) is 9.68. The number of hydrogen-bond donors (Lipinski definition) is 0. The van der Waals surface area contributed by atoms with Gasteiger partial charge >= 0.3 is 0 Å². The smallest absolute Gasteiger partial charge is 0.234 e. The molecule has 2 fully saturated rings. The fraction of sp³-hybridized carbons (Fsp3) is 0.737. The van der Waals surface area contributed by atoms with Gasteiger partial charge in [0.1, 0.15) is 0 Å². The average Bonchev–Trinajstić information content (AvgIpc) is 3.33. The van der Waals surface area contributed by atoms with Crippen molar-refractivity contribution in [2.75, 3.05) is 19.6 Å². The second kappa shape index (κ2) is 6.56. The molecule has 0 aromatic carbocycles. The number of nitrogens with zero attached hydrogens (tertiary/aromatic N) is 5. The van der Waals surface area contributed by atoms with Gasteiger partial charge in [-0.2, -0.15) is 10.1 Å². The number of hydrogen-bond acceptors (Lipinski definition) is 5. The summed E-state index contributed by atoms with van der Waals surface area (Å²) in [6.45, 7) is 10.6. The van der Waals surface area contributed by atoms with Crippen LogP contribution in [0.1, 0.15) is 63.2 Å². The Kier molecular flexibility index (Phi) is 4.40. The van der Waals surface area contributed by atoms with Crippen LogP contribution in [0.4, 0.5) is 0 Å². The van der Waals surface area contributed by atoms with Crippen LogP contribution >= 0.6 is 0 Å². The Hall–Kier alpha value is -1.69. The standard InChI is InChI=1S/C19H29N5O/c1-4-24-11-15(10-20-24)7-9-23-12-16-6-5-8-19(16,13-23)18-21-17(14(2)3)22-25-18/h10-11,14,16H,4-9,12-13H2,1-3H3/t16-,19-/m1/s1. The van der Waals surface area contributed by atoms with E-state index in [1.54, 1.807) is 0 Å². The van der Waals surface area contributed by atoms with Crippen molar-refractivity contribution >= 4 is 0 Å². The fourth-order valence-corrected chi connectivity index (χ4v) is 4.58. The topological polar surface area (TPSA) is 60.0 Å². The van der Waals surface area contributed by atoms with Crippen LogP contribution in [0.15, 0.2) is 16.9 Å². The third kappa shape index (κ3) is 3.01. The van der Waals surface area contributed by atoms with E-state index in [1.807, 2.05) is 10.9 Å². The number of aromatic nitrogens is 4. The number of rotatable bonds is 6. The van der Waals surface area contributed by atoms with E-state index in [0.29, 0.717) is 11.8 Å². The predicted molar refractivity (Wildman–Crippen MR) is 95.5 cm³/mol. The van der Waals surface area contributed by atoms with Gasteiger partial charge in [-0.05, 0) is 37.7 Å². The summed E-state index contributed by atoms with van der Waals surface area (Å²) in [6, 6.07) is 0. The maximum absolute atomic E-state index is 5.74. The summed E-state index contributed by atoms with van der Waals surface area (Å²) in [5.41, 5.74) is 1.42. The van der Waals surface area contributed by atoms with Crippen LogP contribution in [0.2, 0.25) is 0 Å². The Bertz CT molecular complexity index is 721. The Morgan fingerprint density at radius 3 is 3.00 bits per heavy atom. The summed E-state index contributed by atoms with van der Waals surface area (Å²) in [5.74, 6) is 2.72. The largest absolute Gasteiger partial charge is 0.339 e. The summed E-state index contributed by atoms with van der Waals surface area (Å²) in [5, 5.41) is 8.61. The predicted octanol–water partition coefficient (Wildman–Crippen LogP) is 3.01. The van der Waals surface area contributed by atoms with E-state index >= 15 is 0 Å². The SMILES string of the molecule is CCn1cc(CCN2C[C@H]3CCC[C@@]3(c3nc(C(C)C)no3)C2)cn1. The van der Waals surface area contributed by atoms with E-state index in [0.717, 1.165) is 44.3 Å². The molecule has 1 saturated heterocycles. The average molecular weight is 343 g/mol. The molecular weight excluding hydrogens is 314 g/mol. The lowest BCUT2D eigenvalue weighted by Crippen LogP contribution is -2.33. The molecule has 1 aliphatic carbocycles. The van der Waals surface area contributed by atoms with Crippen molar-refractivity contribution in [3.8, 4) is 0 Å². The van der Waals surface area contributed by atoms with Crippen LogP contribution in [0.3, 0.4) is 0 Å². The molecule has 0 radical (unpaired) electrons. The zero-order chi connectivity index (χ0) is 17.4. The molecule has 4 rings (SSSR count). The first-order chi connectivity index (χ1) is 12.1. The maximum Gasteiger partial charge on any atom is 0.234 e. The summed E-state index contributed by atoms with van der Waals surface area (Å²) in [7, 11) is 0. The minimum atomic E-state index is 0.0910. The lowest BCUT2D eigenvalue weighted by atomic mass is 9.80. The maximum atomic E-state index is 5.74. The van der Waals surface area contributed by atoms with Crippen LogP contribution in [-0.4, -0.2) is 44.5 Å². The van der Waals surface area contributed by atoms with E-state index in [2.05, 4.69) is 42.1 Å². The van der Waals surface area contributed by atoms with E-state index < -0.39 is 0 Å². The van der Waals surface area contributed by atoms with Crippen LogP contribution in [0, 0.1) is 5.92 Å². The Morgan fingerprint density at radius 2 is 2.28 bits per heavy atom. The van der Waals surface area contributed by atoms with E-state index in [-0.39, 0.29) is 5.41 Å². The highest BCUT2D eigenvalue weighted by Crippen LogP contribution is 2.50. The van der Waals surface area contributed by atoms with Gasteiger partial charge < -0.3 is 9.42 Å². The van der Waals surface area contributed by atoms with Crippen molar-refractivity contribution in [2.45, 2.75) is 64.3 Å². The molecule has 0 bridgehead atoms. The molecule has 0 N–H and O–H groups in total. The highest BCUT2D eigenvalue weighted by molar-refractivity contribution is 5.18. The second-order valence-electron chi connectivity index (χ2n) is 8.05. The van der Waals surface area contributed by atoms with Crippen molar-refractivity contribution in [3.63, 3.8) is 0 Å². The minimum absolute atomic E-state index is 0.0910. The molecule has 3 heterocycles. The van der Waals surface area contributed by atoms with Gasteiger partial charge in [-0.15, -0.1) is 0 Å². The summed E-state index contributed by atoms with van der Waals surface area (Å²) in [6.07, 6.45) is 8.97. The van der Waals surface area contributed by atoms with E-state index in [9.17, 15) is 0 Å². The molecule has 2 aromatic rings. The van der Waals surface area contributed by atoms with Gasteiger partial charge in [0.05, 0.1) is 11.6 Å². The van der Waals surface area contributed by atoms with Gasteiger partial charge in [0, 0.05) is 38.3 Å². The van der Waals surface area contributed by atoms with Crippen LogP contribution in [0.25, 0.3) is 0 Å². The number of aryl methyl sites for hydroxylation is 1. The summed E-state index contributed by atoms with van der Waals surface area (Å²) < 4.78 is 7.74. The lowest BCUT2D eigenvalue weighted by molar-refractivity contribution is 0.247. The number of likely N-dealkylation sites (tertiary alicyclic amines) is 1. The van der Waals surface area contributed by atoms with Crippen LogP contribution < -0.4 is 0 Å². The third-order valence-corrected chi connectivity index (χ3v) is 6.05. The number of fused-ring (bicyclic) bond motifs is 1. The monoisotopic (exact) mass is 343 g/mol. The second-order valence-corrected chi connectivity index (χ2v) is 8.05. The van der Waals surface area contributed by atoms with Crippen molar-refractivity contribution in [1.82, 2.24) is 24.8 Å². The normalized spacial score (nSPS) is 26.6. The third-order valence-electron chi connectivity index (χ3n) is 6.05. The van der Waals surface area contributed by atoms with Crippen molar-refractivity contribution in [3.05, 3.63) is 29.7 Å². The molecule has 2 atom stereocenters. The van der Waals surface area contributed by atoms with Gasteiger partial charge in [0.15, 0.2) is 5.82 Å². The first-order valence-corrected chi connectivity index (χ1v) is 9.68. The quantitative estimate of drug-likeness (QED) is 0.807. The van der Waals surface area contributed by atoms with Gasteiger partial charge in [0.25, 0.3) is 0 Å². The molecule has 0 spiro atoms. The molecule has 25 heavy (non-hydrogen) atoms. The molecule has 6 heteroatoms. The molecule has 6 nitrogen and oxygen atoms in total. The first kappa shape index (κ1) is 16.8. The van der Waals surface area contributed by atoms with Crippen LogP contribution in [-0.2, 0) is 18.4 Å². The molecule has 2 aromatic heterocycles. The molecular formula is C19H29N5O. The molecule has 1 saturated carbocycles. The van der Waals surface area contributed by atoms with Crippen molar-refractivity contribution in [1.29, 1.82) is 0 Å². The Morgan fingerprint density at radius 1 is 1.40 bits per heavy atom. The summed E-state index contributed by atoms with van der Waals surface area (Å²) in [4.78, 5) is 7.36. The molecule has 0 unspecified atom stereocenters. The Balaban J connectivity index is 1.45. The van der Waals surface area contributed by atoms with Gasteiger partial charge in [-0.3, -0.25) is 4.68 Å². The van der Waals surface area contributed by atoms with Gasteiger partial charge in [0.2, 0.25) is 5.89 Å². The summed E-state index contributed by atoms with van der Waals surface area (Å²) >= 11 is 0. The molecule has 1 aliphatic heterocycles. The molecule has 2 aliphatic rings. The lowest BCUT2D eigenvalue weighted by Gasteiger charge is -2.24. The van der Waals surface area contributed by atoms with E-state index in [4.69, 9.17) is 9.51 Å². The fourth-order valence-electron chi connectivity index (χ4n) is 4.58. The highest BCUT2D eigenvalue weighted by Gasteiger charge is 2.53. The minimum Gasteiger partial charge on any atom is -0.339 e. The van der Waals surface area contributed by atoms with Gasteiger partial charge in [-0.25, -0.2) is 0 Å². The van der Waals surface area contributed by atoms with Gasteiger partial charge in [-0.1, -0.05) is 25.4 Å². The van der Waals surface area contributed by atoms with E-state index in [1.165, 1.54) is 24.8 Å². The molecule has 0 amide bonds. The Labute approximate surface area is 149 Å². The zero-order valence-corrected chi connectivity index (χ0v) is 15.6. The highest BCUT2D eigenvalue weighted by atomic mass is 16.5. The van der Waals surface area contributed by atoms with Crippen molar-refractivity contribution in [2.24, 2.45) is 5.92 Å². The molecule has 136 valence electrons.